The van der Waals surface area contributed by atoms with Crippen LogP contribution in [0.2, 0.25) is 0 Å². The van der Waals surface area contributed by atoms with E-state index in [4.69, 9.17) is 6.42 Å². The Labute approximate surface area is 107 Å². The Balaban J connectivity index is 2.10. The summed E-state index contributed by atoms with van der Waals surface area (Å²) in [5, 5.41) is 13.1. The van der Waals surface area contributed by atoms with Crippen LogP contribution in [0.4, 0.5) is 0 Å². The van der Waals surface area contributed by atoms with Crippen molar-refractivity contribution in [3.63, 3.8) is 0 Å². The molecule has 1 heterocycles. The van der Waals surface area contributed by atoms with Gasteiger partial charge < -0.3 is 10.6 Å². The minimum atomic E-state index is -0.420. The Morgan fingerprint density at radius 3 is 2.44 bits per heavy atom. The van der Waals surface area contributed by atoms with Crippen LogP contribution in [0.15, 0.2) is 10.2 Å². The second-order valence-corrected chi connectivity index (χ2v) is 4.12. The predicted octanol–water partition coefficient (Wildman–Crippen LogP) is 0.942. The molecule has 0 fully saturated rings. The van der Waals surface area contributed by atoms with Crippen molar-refractivity contribution in [2.45, 2.75) is 44.7 Å². The highest BCUT2D eigenvalue weighted by atomic mass is 16.2. The molecule has 0 radical (unpaired) electrons. The number of hydrogen-bond donors (Lipinski definition) is 2. The summed E-state index contributed by atoms with van der Waals surface area (Å²) in [5.74, 6) is 2.33. The molecule has 0 saturated heterocycles. The van der Waals surface area contributed by atoms with Gasteiger partial charge in [0.2, 0.25) is 11.8 Å². The molecule has 0 aliphatic carbocycles. The van der Waals surface area contributed by atoms with Gasteiger partial charge in [-0.1, -0.05) is 6.92 Å². The lowest BCUT2D eigenvalue weighted by Crippen LogP contribution is -2.37. The van der Waals surface area contributed by atoms with Gasteiger partial charge in [-0.3, -0.25) is 9.59 Å². The lowest BCUT2D eigenvalue weighted by molar-refractivity contribution is -0.122. The van der Waals surface area contributed by atoms with E-state index < -0.39 is 5.66 Å². The fraction of sp³-hybridized carbons (Fsp3) is 0.667. The van der Waals surface area contributed by atoms with E-state index in [2.05, 4.69) is 26.8 Å². The summed E-state index contributed by atoms with van der Waals surface area (Å²) in [5.41, 5.74) is -0.420. The summed E-state index contributed by atoms with van der Waals surface area (Å²) in [7, 11) is 0. The van der Waals surface area contributed by atoms with Crippen molar-refractivity contribution in [2.24, 2.45) is 10.2 Å². The van der Waals surface area contributed by atoms with Gasteiger partial charge in [0.25, 0.3) is 0 Å². The summed E-state index contributed by atoms with van der Waals surface area (Å²) >= 11 is 0. The van der Waals surface area contributed by atoms with Crippen molar-refractivity contribution in [3.05, 3.63) is 0 Å². The van der Waals surface area contributed by atoms with Crippen LogP contribution < -0.4 is 10.6 Å². The number of nitrogens with one attached hydrogen (secondary N) is 2. The quantitative estimate of drug-likeness (QED) is 0.496. The first-order valence-electron chi connectivity index (χ1n) is 6.03. The van der Waals surface area contributed by atoms with E-state index in [9.17, 15) is 9.59 Å². The zero-order valence-electron chi connectivity index (χ0n) is 10.5. The van der Waals surface area contributed by atoms with E-state index in [1.807, 2.05) is 0 Å². The minimum absolute atomic E-state index is 0.0898. The second-order valence-electron chi connectivity index (χ2n) is 4.12. The van der Waals surface area contributed by atoms with Crippen LogP contribution in [0.1, 0.15) is 39.0 Å². The summed E-state index contributed by atoms with van der Waals surface area (Å²) in [6.07, 6.45) is 7.79. The molecule has 2 amide bonds. The molecule has 0 unspecified atom stereocenters. The molecular weight excluding hydrogens is 232 g/mol. The molecule has 98 valence electrons. The Kier molecular flexibility index (Phi) is 5.31. The molecule has 6 heteroatoms. The van der Waals surface area contributed by atoms with Gasteiger partial charge in [-0.05, 0) is 0 Å². The van der Waals surface area contributed by atoms with Crippen LogP contribution in [-0.2, 0) is 9.59 Å². The van der Waals surface area contributed by atoms with Crippen molar-refractivity contribution in [1.82, 2.24) is 10.6 Å². The van der Waals surface area contributed by atoms with E-state index in [0.717, 1.165) is 0 Å². The molecule has 1 aliphatic heterocycles. The molecule has 0 atom stereocenters. The molecule has 0 saturated carbocycles. The SMILES string of the molecule is C#CCCC1(CCC(=O)NCNC(=O)CC)N=N1. The molecule has 2 N–H and O–H groups in total. The van der Waals surface area contributed by atoms with Gasteiger partial charge in [0.1, 0.15) is 0 Å². The smallest absolute Gasteiger partial charge is 0.221 e. The average Bonchev–Trinajstić information content (AvgIpc) is 3.14. The Morgan fingerprint density at radius 2 is 1.89 bits per heavy atom. The van der Waals surface area contributed by atoms with E-state index in [1.54, 1.807) is 6.92 Å². The molecular formula is C12H18N4O2. The van der Waals surface area contributed by atoms with Crippen molar-refractivity contribution in [3.8, 4) is 12.3 Å². The zero-order chi connectivity index (χ0) is 13.4. The Morgan fingerprint density at radius 1 is 1.22 bits per heavy atom. The molecule has 0 spiro atoms. The minimum Gasteiger partial charge on any atom is -0.339 e. The van der Waals surface area contributed by atoms with Crippen LogP contribution in [0, 0.1) is 12.3 Å². The summed E-state index contributed by atoms with van der Waals surface area (Å²) < 4.78 is 0. The van der Waals surface area contributed by atoms with Gasteiger partial charge >= 0.3 is 0 Å². The molecule has 6 nitrogen and oxygen atoms in total. The van der Waals surface area contributed by atoms with Gasteiger partial charge in [0.15, 0.2) is 5.66 Å². The maximum atomic E-state index is 11.5. The van der Waals surface area contributed by atoms with Gasteiger partial charge in [-0.2, -0.15) is 10.2 Å². The fourth-order valence-corrected chi connectivity index (χ4v) is 1.44. The number of rotatable bonds is 8. The summed E-state index contributed by atoms with van der Waals surface area (Å²) in [6, 6.07) is 0. The zero-order valence-corrected chi connectivity index (χ0v) is 10.5. The average molecular weight is 250 g/mol. The third-order valence-electron chi connectivity index (χ3n) is 2.70. The third-order valence-corrected chi connectivity index (χ3v) is 2.70. The number of hydrogen-bond acceptors (Lipinski definition) is 4. The summed E-state index contributed by atoms with van der Waals surface area (Å²) in [4.78, 5) is 22.4. The molecule has 1 rings (SSSR count). The Bertz CT molecular complexity index is 378. The highest BCUT2D eigenvalue weighted by Crippen LogP contribution is 2.37. The number of nitrogens with zero attached hydrogens (tertiary/aromatic N) is 2. The van der Waals surface area contributed by atoms with Crippen LogP contribution in [0.25, 0.3) is 0 Å². The second kappa shape index (κ2) is 6.74. The number of carbonyl (C=O) groups excluding carboxylic acids is 2. The molecule has 0 aromatic heterocycles. The van der Waals surface area contributed by atoms with E-state index in [-0.39, 0.29) is 18.5 Å². The number of amides is 2. The molecule has 0 bridgehead atoms. The topological polar surface area (TPSA) is 82.9 Å². The monoisotopic (exact) mass is 250 g/mol. The summed E-state index contributed by atoms with van der Waals surface area (Å²) in [6.45, 7) is 1.92. The first-order valence-corrected chi connectivity index (χ1v) is 6.03. The van der Waals surface area contributed by atoms with Gasteiger partial charge in [0.05, 0.1) is 6.67 Å². The highest BCUT2D eigenvalue weighted by Gasteiger charge is 2.39. The largest absolute Gasteiger partial charge is 0.339 e. The first-order chi connectivity index (χ1) is 8.62. The van der Waals surface area contributed by atoms with Crippen LogP contribution in [0.3, 0.4) is 0 Å². The molecule has 18 heavy (non-hydrogen) atoms. The van der Waals surface area contributed by atoms with E-state index in [1.165, 1.54) is 0 Å². The number of terminal acetylenes is 1. The fourth-order valence-electron chi connectivity index (χ4n) is 1.44. The van der Waals surface area contributed by atoms with Crippen molar-refractivity contribution in [1.29, 1.82) is 0 Å². The standard InChI is InChI=1S/C12H18N4O2/c1-3-5-7-12(15-16-12)8-6-11(18)14-9-13-10(17)4-2/h1H,4-9H2,2H3,(H,13,17)(H,14,18). The molecule has 0 aromatic carbocycles. The first kappa shape index (κ1) is 14.2. The van der Waals surface area contributed by atoms with E-state index >= 15 is 0 Å². The lowest BCUT2D eigenvalue weighted by Gasteiger charge is -2.09. The van der Waals surface area contributed by atoms with Gasteiger partial charge in [-0.25, -0.2) is 0 Å². The molecule has 1 aliphatic rings. The maximum Gasteiger partial charge on any atom is 0.221 e. The van der Waals surface area contributed by atoms with Crippen molar-refractivity contribution < 1.29 is 9.59 Å². The van der Waals surface area contributed by atoms with Crippen LogP contribution >= 0.6 is 0 Å². The van der Waals surface area contributed by atoms with Crippen LogP contribution in [-0.4, -0.2) is 24.1 Å². The van der Waals surface area contributed by atoms with Crippen molar-refractivity contribution >= 4 is 11.8 Å². The normalized spacial score (nSPS) is 14.7. The van der Waals surface area contributed by atoms with E-state index in [0.29, 0.717) is 32.1 Å². The molecule has 0 aromatic rings. The lowest BCUT2D eigenvalue weighted by atomic mass is 10.0. The maximum absolute atomic E-state index is 11.5. The Hall–Kier alpha value is -1.90. The number of carbonyl (C=O) groups is 2. The predicted molar refractivity (Wildman–Crippen MR) is 66.3 cm³/mol. The van der Waals surface area contributed by atoms with Gasteiger partial charge in [-0.15, -0.1) is 12.3 Å². The van der Waals surface area contributed by atoms with Gasteiger partial charge in [0, 0.05) is 32.1 Å². The third kappa shape index (κ3) is 4.95. The van der Waals surface area contributed by atoms with Crippen molar-refractivity contribution in [2.75, 3.05) is 6.67 Å². The highest BCUT2D eigenvalue weighted by molar-refractivity contribution is 5.78. The van der Waals surface area contributed by atoms with Crippen LogP contribution in [0.5, 0.6) is 0 Å².